The number of benzene rings is 2. The second-order valence-corrected chi connectivity index (χ2v) is 32.9. The van der Waals surface area contributed by atoms with E-state index in [4.69, 9.17) is 33.7 Å². The monoisotopic (exact) mass is 1490 g/mol. The summed E-state index contributed by atoms with van der Waals surface area (Å²) < 4.78 is 186. The van der Waals surface area contributed by atoms with E-state index in [-0.39, 0.29) is 114 Å². The number of carbonyl (C=O) groups excluding carboxylic acids is 2. The van der Waals surface area contributed by atoms with Gasteiger partial charge in [0.1, 0.15) is 13.2 Å². The molecule has 0 aliphatic carbocycles. The number of nitrogens with zero attached hydrogens (tertiary/aromatic N) is 4. The summed E-state index contributed by atoms with van der Waals surface area (Å²) in [6.07, 6.45) is 7.14. The van der Waals surface area contributed by atoms with Crippen LogP contribution in [0.5, 0.6) is 0 Å². The minimum Gasteiger partial charge on any atom is -0.691 e. The van der Waals surface area contributed by atoms with Crippen LogP contribution in [0.4, 0.5) is 37.7 Å². The van der Waals surface area contributed by atoms with Gasteiger partial charge in [0.15, 0.2) is 5.71 Å². The molecular weight excluding hydrogens is 1390 g/mol. The van der Waals surface area contributed by atoms with Crippen molar-refractivity contribution in [2.24, 2.45) is 0 Å². The molecule has 3 atom stereocenters. The fourth-order valence-electron chi connectivity index (χ4n) is 11.1. The summed E-state index contributed by atoms with van der Waals surface area (Å²) in [5, 5.41) is 18.3. The molecule has 3 unspecified atom stereocenters. The van der Waals surface area contributed by atoms with Gasteiger partial charge in [-0.25, -0.2) is 11.2 Å². The number of hydrogen-bond donors (Lipinski definition) is 3. The molecule has 554 valence electrons. The highest BCUT2D eigenvalue weighted by Gasteiger charge is 2.47. The third-order valence-electron chi connectivity index (χ3n) is 16.0. The topological polar surface area (TPSA) is 257 Å². The average Bonchev–Trinajstić information content (AvgIpc) is 1.59. The number of anilines is 1. The van der Waals surface area contributed by atoms with Gasteiger partial charge in [0.25, 0.3) is 18.6 Å². The van der Waals surface area contributed by atoms with Gasteiger partial charge in [-0.2, -0.15) is 43.7 Å². The Morgan fingerprint density at radius 3 is 1.74 bits per heavy atom. The first-order valence-electron chi connectivity index (χ1n) is 33.2. The van der Waals surface area contributed by atoms with Crippen molar-refractivity contribution in [3.8, 4) is 0 Å². The molecule has 0 fully saturated rings. The molecule has 2 heterocycles. The Hall–Kier alpha value is -4.11. The number of nitrogens with one attached hydrogen (secondary N) is 2. The minimum atomic E-state index is -5.05. The number of unbranched alkanes of at least 4 members (excludes halogenated alkanes) is 9. The summed E-state index contributed by atoms with van der Waals surface area (Å²) in [6, 6.07) is 10.6. The zero-order valence-corrected chi connectivity index (χ0v) is 61.9. The highest BCUT2D eigenvalue weighted by Crippen LogP contribution is 2.54. The maximum Gasteiger partial charge on any atom is 0.471 e. The van der Waals surface area contributed by atoms with Crippen LogP contribution in [-0.4, -0.2) is 148 Å². The smallest absolute Gasteiger partial charge is 0.471 e. The Morgan fingerprint density at radius 2 is 1.23 bits per heavy atom. The molecule has 22 nitrogen and oxygen atoms in total. The lowest BCUT2D eigenvalue weighted by Gasteiger charge is -2.35. The third-order valence-corrected chi connectivity index (χ3v) is 23.4. The first-order valence-corrected chi connectivity index (χ1v) is 39.9. The average molecular weight is 1490 g/mol. The molecule has 98 heavy (non-hydrogen) atoms. The van der Waals surface area contributed by atoms with Gasteiger partial charge in [0, 0.05) is 90.4 Å². The van der Waals surface area contributed by atoms with Gasteiger partial charge in [-0.3, -0.25) is 28.3 Å². The summed E-state index contributed by atoms with van der Waals surface area (Å²) in [6.45, 7) is 26.0. The molecule has 0 aromatic heterocycles. The minimum absolute atomic E-state index is 0.0325. The molecular formula is C65H99F6N6O16P3S2. The van der Waals surface area contributed by atoms with E-state index in [2.05, 4.69) is 58.1 Å². The number of hydrogen-bond acceptors (Lipinski definition) is 18. The second kappa shape index (κ2) is 41.9. The largest absolute Gasteiger partial charge is 0.691 e. The van der Waals surface area contributed by atoms with Crippen molar-refractivity contribution >= 4 is 85.4 Å². The number of allylic oxidation sites excluding steroid dienone is 6. The van der Waals surface area contributed by atoms with E-state index in [1.807, 2.05) is 73.6 Å². The zero-order chi connectivity index (χ0) is 72.8. The Balaban J connectivity index is 1.66. The second-order valence-electron chi connectivity index (χ2n) is 25.0. The van der Waals surface area contributed by atoms with Gasteiger partial charge < -0.3 is 52.8 Å². The van der Waals surface area contributed by atoms with E-state index >= 15 is 4.57 Å². The Bertz CT molecular complexity index is 3230. The number of fused-ring (bicyclic) bond motifs is 2. The highest BCUT2D eigenvalue weighted by molar-refractivity contribution is 7.94. The van der Waals surface area contributed by atoms with Crippen molar-refractivity contribution < 1.29 is 104 Å². The normalized spacial score (nSPS) is 16.8. The van der Waals surface area contributed by atoms with Gasteiger partial charge in [-0.1, -0.05) is 77.5 Å². The van der Waals surface area contributed by atoms with E-state index in [1.165, 1.54) is 0 Å². The van der Waals surface area contributed by atoms with Crippen molar-refractivity contribution in [1.29, 1.82) is 0 Å². The number of rotatable bonds is 49. The molecule has 0 saturated heterocycles. The van der Waals surface area contributed by atoms with E-state index in [1.54, 1.807) is 36.4 Å². The fraction of sp³-hybridized carbons (Fsp3) is 0.662. The summed E-state index contributed by atoms with van der Waals surface area (Å²) in [5.74, 6) is -4.30. The Morgan fingerprint density at radius 1 is 0.724 bits per heavy atom. The molecule has 3 N–H and O–H groups in total. The van der Waals surface area contributed by atoms with Gasteiger partial charge in [-0.05, 0) is 135 Å². The SMILES string of the molecule is [C-]#[N+]CCOP(OCCCCCCOP(=O)(OCCCCNC(=O)C(F)(F)F)c1ccc2c(c1)C(C)(C)C(/C=C/C=C/C=C1\N(CCCS(=O)(=O)O)c3ccc(P(=O)(OCCCCCCC)OCCCCNC(=O)C(F)(F)F)cc3C1(C)C)=[N+]2CCCSOO[O-])N(C(C)C)C(C)C. The maximum atomic E-state index is 15.1. The molecule has 2 aromatic rings. The Labute approximate surface area is 580 Å². The van der Waals surface area contributed by atoms with Crippen LogP contribution < -0.4 is 31.4 Å². The molecule has 2 aromatic carbocycles. The first-order chi connectivity index (χ1) is 46.2. The van der Waals surface area contributed by atoms with Crippen LogP contribution in [0.15, 0.2) is 72.5 Å². The predicted molar refractivity (Wildman–Crippen MR) is 367 cm³/mol. The van der Waals surface area contributed by atoms with E-state index < -0.39 is 74.6 Å². The molecule has 2 aliphatic rings. The molecule has 2 aliphatic heterocycles. The highest BCUT2D eigenvalue weighted by atomic mass is 32.2. The molecule has 0 radical (unpaired) electrons. The van der Waals surface area contributed by atoms with Gasteiger partial charge in [0.05, 0.1) is 54.8 Å². The lowest BCUT2D eigenvalue weighted by molar-refractivity contribution is -0.777. The van der Waals surface area contributed by atoms with Gasteiger partial charge in [0.2, 0.25) is 12.2 Å². The van der Waals surface area contributed by atoms with Crippen LogP contribution in [0.25, 0.3) is 4.85 Å². The lowest BCUT2D eigenvalue weighted by Crippen LogP contribution is -2.37. The standard InChI is InChI=1S/C65H99F6N6O16P3S2/c1-11-12-13-14-23-41-88-95(81,90-43-25-20-35-73-60(78)64(66,67)68)53-32-34-57-55(49-53)63(8,9)59(76(57)39-28-47-98(83,84)85)30-19-17-18-29-58-62(6,7)54-48-52(31-33-56(54)75(58)38-27-46-97-93-92-80)96(82,91-44-26-21-36-74-61(79)65(69,70)71)89-42-24-16-15-22-40-86-94(87-45-37-72-10)77(50(2)3)51(4)5/h17-19,29-34,48-51H,11-16,20-28,35-47H2,1-9H3,(H3-,73,74,78,79,80,83,84,85). The summed E-state index contributed by atoms with van der Waals surface area (Å²) >= 11 is 0.836. The third kappa shape index (κ3) is 27.6. The van der Waals surface area contributed by atoms with E-state index in [9.17, 15) is 58.7 Å². The van der Waals surface area contributed by atoms with Crippen LogP contribution in [-0.2, 0) is 76.2 Å². The van der Waals surface area contributed by atoms with Gasteiger partial charge >= 0.3 is 39.4 Å². The fourth-order valence-corrected chi connectivity index (χ4v) is 16.9. The van der Waals surface area contributed by atoms with Crippen molar-refractivity contribution in [3.63, 3.8) is 0 Å². The molecule has 2 amide bonds. The molecule has 33 heteroatoms. The van der Waals surface area contributed by atoms with Crippen molar-refractivity contribution in [2.45, 2.75) is 194 Å². The van der Waals surface area contributed by atoms with Crippen LogP contribution in [0.2, 0.25) is 0 Å². The number of amides is 2. The van der Waals surface area contributed by atoms with E-state index in [0.717, 1.165) is 61.1 Å². The number of carbonyl (C=O) groups is 2. The van der Waals surface area contributed by atoms with Crippen LogP contribution in [0, 0.1) is 6.57 Å². The first kappa shape index (κ1) is 86.3. The molecule has 4 rings (SSSR count). The van der Waals surface area contributed by atoms with Crippen LogP contribution in [0.3, 0.4) is 0 Å². The van der Waals surface area contributed by atoms with Crippen molar-refractivity contribution in [1.82, 2.24) is 15.3 Å². The Kier molecular flexibility index (Phi) is 36.9. The quantitative estimate of drug-likeness (QED) is 0.00531. The molecule has 0 saturated carbocycles. The zero-order valence-electron chi connectivity index (χ0n) is 57.6. The molecule has 0 spiro atoms. The van der Waals surface area contributed by atoms with Crippen molar-refractivity contribution in [2.75, 3.05) is 88.8 Å². The summed E-state index contributed by atoms with van der Waals surface area (Å²) in [7, 11) is -14.0. The lowest BCUT2D eigenvalue weighted by atomic mass is 9.81. The van der Waals surface area contributed by atoms with Crippen molar-refractivity contribution in [3.05, 3.63) is 95.0 Å². The van der Waals surface area contributed by atoms with E-state index in [0.29, 0.717) is 68.0 Å². The summed E-state index contributed by atoms with van der Waals surface area (Å²) in [5.41, 5.74) is 2.80. The number of alkyl halides is 6. The van der Waals surface area contributed by atoms with Gasteiger partial charge in [-0.15, -0.1) is 0 Å². The van der Waals surface area contributed by atoms with Crippen LogP contribution in [0.1, 0.15) is 170 Å². The number of halogens is 6. The maximum absolute atomic E-state index is 15.1. The molecule has 0 bridgehead atoms. The predicted octanol–water partition coefficient (Wildman–Crippen LogP) is 13.8. The summed E-state index contributed by atoms with van der Waals surface area (Å²) in [4.78, 5) is 28.1. The van der Waals surface area contributed by atoms with Crippen LogP contribution >= 0.6 is 35.8 Å².